The number of carbonyl (C=O) groups is 2. The van der Waals surface area contributed by atoms with Gasteiger partial charge in [-0.3, -0.25) is 0 Å². The average Bonchev–Trinajstić information content (AvgIpc) is 2.46. The van der Waals surface area contributed by atoms with Gasteiger partial charge in [-0.15, -0.1) is 0 Å². The molecule has 1 atom stereocenters. The van der Waals surface area contributed by atoms with Crippen molar-refractivity contribution in [2.45, 2.75) is 13.0 Å². The summed E-state index contributed by atoms with van der Waals surface area (Å²) in [7, 11) is 1.51. The average molecular weight is 287 g/mol. The van der Waals surface area contributed by atoms with Crippen molar-refractivity contribution in [1.82, 2.24) is 10.2 Å². The Morgan fingerprint density at radius 2 is 2.24 bits per heavy atom. The topological polar surface area (TPSA) is 103 Å². The van der Waals surface area contributed by atoms with Crippen molar-refractivity contribution in [3.63, 3.8) is 0 Å². The number of hydrogen-bond donors (Lipinski definition) is 2. The molecule has 3 amide bonds. The van der Waals surface area contributed by atoms with Gasteiger partial charge in [0.1, 0.15) is 5.75 Å². The number of carboxylic acid groups (broad SMARTS) is 1. The summed E-state index contributed by atoms with van der Waals surface area (Å²) >= 11 is 0. The van der Waals surface area contributed by atoms with Crippen LogP contribution in [0.5, 0.6) is 5.75 Å². The highest BCUT2D eigenvalue weighted by molar-refractivity contribution is 5.94. The Morgan fingerprint density at radius 1 is 1.52 bits per heavy atom. The van der Waals surface area contributed by atoms with E-state index in [2.05, 4.69) is 5.32 Å². The quantitative estimate of drug-likeness (QED) is 0.868. The molecule has 1 heterocycles. The first-order valence-electron chi connectivity index (χ1n) is 6.08. The summed E-state index contributed by atoms with van der Waals surface area (Å²) in [6.45, 7) is 1.43. The van der Waals surface area contributed by atoms with Crippen LogP contribution in [0.25, 0.3) is 0 Å². The zero-order valence-corrected chi connectivity index (χ0v) is 11.5. The van der Waals surface area contributed by atoms with E-state index < -0.39 is 18.2 Å². The van der Waals surface area contributed by atoms with E-state index in [0.29, 0.717) is 16.2 Å². The Labute approximate surface area is 121 Å². The number of carbonyl (C=O) groups excluding carboxylic acids is 1. The van der Waals surface area contributed by atoms with E-state index in [1.165, 1.54) is 14.0 Å². The molecule has 108 valence electrons. The second kappa shape index (κ2) is 5.54. The molecule has 1 aromatic rings. The molecule has 0 saturated heterocycles. The largest absolute Gasteiger partial charge is 0.497 e. The molecule has 1 aliphatic heterocycles. The van der Waals surface area contributed by atoms with Gasteiger partial charge in [0.25, 0.3) is 0 Å². The van der Waals surface area contributed by atoms with Crippen molar-refractivity contribution in [1.29, 1.82) is 5.26 Å². The number of rotatable bonds is 2. The van der Waals surface area contributed by atoms with Crippen LogP contribution in [-0.2, 0) is 0 Å². The van der Waals surface area contributed by atoms with Crippen molar-refractivity contribution in [3.8, 4) is 11.8 Å². The maximum Gasteiger partial charge on any atom is 0.419 e. The minimum Gasteiger partial charge on any atom is -0.497 e. The lowest BCUT2D eigenvalue weighted by atomic mass is 9.96. The second-order valence-electron chi connectivity index (χ2n) is 4.39. The molecule has 1 aromatic carbocycles. The highest BCUT2D eigenvalue weighted by Crippen LogP contribution is 2.31. The van der Waals surface area contributed by atoms with Gasteiger partial charge in [-0.25, -0.2) is 14.5 Å². The van der Waals surface area contributed by atoms with E-state index in [1.807, 2.05) is 6.07 Å². The third-order valence-corrected chi connectivity index (χ3v) is 3.22. The number of amides is 3. The molecule has 0 aliphatic carbocycles. The Hall–Kier alpha value is -3.01. The van der Waals surface area contributed by atoms with E-state index in [-0.39, 0.29) is 11.3 Å². The van der Waals surface area contributed by atoms with Crippen molar-refractivity contribution >= 4 is 12.1 Å². The van der Waals surface area contributed by atoms with E-state index in [9.17, 15) is 14.9 Å². The van der Waals surface area contributed by atoms with Gasteiger partial charge in [0.05, 0.1) is 24.8 Å². The van der Waals surface area contributed by atoms with Gasteiger partial charge in [0.15, 0.2) is 0 Å². The summed E-state index contributed by atoms with van der Waals surface area (Å²) in [6, 6.07) is 7.36. The third kappa shape index (κ3) is 2.51. The third-order valence-electron chi connectivity index (χ3n) is 3.22. The minimum absolute atomic E-state index is 0.0987. The predicted octanol–water partition coefficient (Wildman–Crippen LogP) is 2.24. The van der Waals surface area contributed by atoms with Crippen LogP contribution in [-0.4, -0.2) is 29.2 Å². The van der Waals surface area contributed by atoms with E-state index in [0.717, 1.165) is 0 Å². The number of imide groups is 1. The Kier molecular flexibility index (Phi) is 3.80. The molecule has 7 nitrogen and oxygen atoms in total. The number of nitrogens with one attached hydrogen (secondary N) is 1. The van der Waals surface area contributed by atoms with Crippen molar-refractivity contribution < 1.29 is 19.4 Å². The standard InChI is InChI=1S/C14H13N3O4/c1-8-11(7-15)12(16-13(18)17(8)14(19)20)9-4-3-5-10(6-9)21-2/h3-6,12H,1-2H3,(H,16,18)(H,19,20). The Balaban J connectivity index is 2.52. The van der Waals surface area contributed by atoms with Crippen molar-refractivity contribution in [2.75, 3.05) is 7.11 Å². The first kappa shape index (κ1) is 14.4. The molecule has 2 N–H and O–H groups in total. The van der Waals surface area contributed by atoms with Gasteiger partial charge < -0.3 is 15.2 Å². The lowest BCUT2D eigenvalue weighted by molar-refractivity contribution is 0.154. The Bertz CT molecular complexity index is 675. The molecule has 2 rings (SSSR count). The van der Waals surface area contributed by atoms with Gasteiger partial charge >= 0.3 is 12.1 Å². The summed E-state index contributed by atoms with van der Waals surface area (Å²) in [5.41, 5.74) is 0.912. The molecule has 0 radical (unpaired) electrons. The zero-order chi connectivity index (χ0) is 15.6. The molecule has 1 unspecified atom stereocenters. The number of nitrogens with zero attached hydrogens (tertiary/aromatic N) is 2. The smallest absolute Gasteiger partial charge is 0.419 e. The normalized spacial score (nSPS) is 18.0. The van der Waals surface area contributed by atoms with Crippen LogP contribution in [0.15, 0.2) is 35.5 Å². The SMILES string of the molecule is COc1cccc(C2NC(=O)N(C(=O)O)C(C)=C2C#N)c1. The molecule has 0 saturated carbocycles. The molecular formula is C14H13N3O4. The van der Waals surface area contributed by atoms with Crippen molar-refractivity contribution in [3.05, 3.63) is 41.1 Å². The number of benzene rings is 1. The first-order chi connectivity index (χ1) is 9.99. The van der Waals surface area contributed by atoms with Crippen LogP contribution >= 0.6 is 0 Å². The minimum atomic E-state index is -1.43. The van der Waals surface area contributed by atoms with Crippen LogP contribution in [0, 0.1) is 11.3 Å². The number of methoxy groups -OCH3 is 1. The second-order valence-corrected chi connectivity index (χ2v) is 4.39. The molecule has 0 fully saturated rings. The van der Waals surface area contributed by atoms with E-state index in [4.69, 9.17) is 9.84 Å². The summed E-state index contributed by atoms with van der Waals surface area (Å²) in [5, 5.41) is 20.8. The number of allylic oxidation sites excluding steroid dienone is 1. The first-order valence-corrected chi connectivity index (χ1v) is 6.08. The fourth-order valence-electron chi connectivity index (χ4n) is 2.19. The molecule has 21 heavy (non-hydrogen) atoms. The number of nitriles is 1. The zero-order valence-electron chi connectivity index (χ0n) is 11.5. The molecule has 1 aliphatic rings. The summed E-state index contributed by atoms with van der Waals surface area (Å²) in [5.74, 6) is 0.581. The van der Waals surface area contributed by atoms with Gasteiger partial charge in [0.2, 0.25) is 0 Å². The lowest BCUT2D eigenvalue weighted by Crippen LogP contribution is -2.48. The van der Waals surface area contributed by atoms with E-state index >= 15 is 0 Å². The van der Waals surface area contributed by atoms with Gasteiger partial charge in [-0.05, 0) is 24.6 Å². The number of urea groups is 1. The predicted molar refractivity (Wildman–Crippen MR) is 72.4 cm³/mol. The van der Waals surface area contributed by atoms with Gasteiger partial charge in [-0.1, -0.05) is 12.1 Å². The highest BCUT2D eigenvalue weighted by atomic mass is 16.5. The van der Waals surface area contributed by atoms with E-state index in [1.54, 1.807) is 24.3 Å². The molecule has 0 bridgehead atoms. The fourth-order valence-corrected chi connectivity index (χ4v) is 2.19. The number of ether oxygens (including phenoxy) is 1. The monoisotopic (exact) mass is 287 g/mol. The van der Waals surface area contributed by atoms with Crippen LogP contribution in [0.4, 0.5) is 9.59 Å². The van der Waals surface area contributed by atoms with Crippen LogP contribution < -0.4 is 10.1 Å². The summed E-state index contributed by atoms with van der Waals surface area (Å²) < 4.78 is 5.11. The van der Waals surface area contributed by atoms with Gasteiger partial charge in [0, 0.05) is 5.70 Å². The van der Waals surface area contributed by atoms with Crippen LogP contribution in [0.3, 0.4) is 0 Å². The highest BCUT2D eigenvalue weighted by Gasteiger charge is 2.35. The fraction of sp³-hybridized carbons (Fsp3) is 0.214. The summed E-state index contributed by atoms with van der Waals surface area (Å²) in [4.78, 5) is 23.5. The molecule has 0 aromatic heterocycles. The maximum absolute atomic E-state index is 11.9. The van der Waals surface area contributed by atoms with Crippen LogP contribution in [0.2, 0.25) is 0 Å². The Morgan fingerprint density at radius 3 is 2.81 bits per heavy atom. The maximum atomic E-state index is 11.9. The van der Waals surface area contributed by atoms with Gasteiger partial charge in [-0.2, -0.15) is 5.26 Å². The summed E-state index contributed by atoms with van der Waals surface area (Å²) in [6.07, 6.45) is -1.43. The molecular weight excluding hydrogens is 274 g/mol. The molecule has 7 heteroatoms. The number of hydrogen-bond acceptors (Lipinski definition) is 4. The molecule has 0 spiro atoms. The van der Waals surface area contributed by atoms with Crippen molar-refractivity contribution in [2.24, 2.45) is 0 Å². The van der Waals surface area contributed by atoms with Crippen LogP contribution in [0.1, 0.15) is 18.5 Å². The lowest BCUT2D eigenvalue weighted by Gasteiger charge is -2.31.